The van der Waals surface area contributed by atoms with Crippen molar-refractivity contribution in [2.45, 2.75) is 38.0 Å². The van der Waals surface area contributed by atoms with Crippen molar-refractivity contribution in [3.8, 4) is 0 Å². The van der Waals surface area contributed by atoms with Crippen LogP contribution < -0.4 is 5.73 Å². The first-order valence-corrected chi connectivity index (χ1v) is 6.95. The van der Waals surface area contributed by atoms with Gasteiger partial charge in [0.1, 0.15) is 5.82 Å². The number of hydrogen-bond acceptors (Lipinski definition) is 2. The molecule has 1 aliphatic carbocycles. The van der Waals surface area contributed by atoms with E-state index in [-0.39, 0.29) is 0 Å². The molecule has 0 spiro atoms. The monoisotopic (exact) mass is 243 g/mol. The number of benzene rings is 1. The van der Waals surface area contributed by atoms with Crippen LogP contribution in [0.25, 0.3) is 11.0 Å². The van der Waals surface area contributed by atoms with Crippen LogP contribution in [0.1, 0.15) is 43.0 Å². The van der Waals surface area contributed by atoms with Gasteiger partial charge in [-0.3, -0.25) is 0 Å². The summed E-state index contributed by atoms with van der Waals surface area (Å²) in [5, 5.41) is 0. The number of fused-ring (bicyclic) bond motifs is 1. The van der Waals surface area contributed by atoms with Gasteiger partial charge in [-0.05, 0) is 49.9 Å². The lowest BCUT2D eigenvalue weighted by molar-refractivity contribution is 0.395. The van der Waals surface area contributed by atoms with E-state index < -0.39 is 0 Å². The Kier molecular flexibility index (Phi) is 3.08. The molecule has 1 fully saturated rings. The number of aromatic nitrogens is 2. The summed E-state index contributed by atoms with van der Waals surface area (Å²) in [6, 6.07) is 6.65. The van der Waals surface area contributed by atoms with Crippen LogP contribution in [0.2, 0.25) is 0 Å². The van der Waals surface area contributed by atoms with Crippen molar-refractivity contribution in [3.63, 3.8) is 0 Å². The molecule has 18 heavy (non-hydrogen) atoms. The molecule has 1 saturated carbocycles. The fourth-order valence-electron chi connectivity index (χ4n) is 2.76. The molecule has 2 aromatic rings. The van der Waals surface area contributed by atoms with E-state index in [1.807, 2.05) is 0 Å². The summed E-state index contributed by atoms with van der Waals surface area (Å²) in [5.74, 6) is 1.96. The third kappa shape index (κ3) is 1.93. The highest BCUT2D eigenvalue weighted by molar-refractivity contribution is 5.77. The van der Waals surface area contributed by atoms with E-state index in [0.717, 1.165) is 24.9 Å². The first kappa shape index (κ1) is 11.7. The molecule has 0 radical (unpaired) electrons. The van der Waals surface area contributed by atoms with Gasteiger partial charge in [0.2, 0.25) is 0 Å². The van der Waals surface area contributed by atoms with Crippen molar-refractivity contribution in [3.05, 3.63) is 29.6 Å². The van der Waals surface area contributed by atoms with Crippen molar-refractivity contribution in [1.29, 1.82) is 0 Å². The molecular formula is C15H21N3. The van der Waals surface area contributed by atoms with Crippen LogP contribution in [0.5, 0.6) is 0 Å². The average molecular weight is 243 g/mol. The van der Waals surface area contributed by atoms with Gasteiger partial charge in [-0.1, -0.05) is 12.5 Å². The van der Waals surface area contributed by atoms with Gasteiger partial charge in [0.25, 0.3) is 0 Å². The largest absolute Gasteiger partial charge is 0.331 e. The Hall–Kier alpha value is -1.35. The van der Waals surface area contributed by atoms with Crippen LogP contribution in [-0.2, 0) is 13.5 Å². The lowest BCUT2D eigenvalue weighted by atomic mass is 9.85. The SMILES string of the molecule is Cn1c(C2CCC2)nc2cc(CCCN)ccc21. The van der Waals surface area contributed by atoms with E-state index in [0.29, 0.717) is 5.92 Å². The Labute approximate surface area is 108 Å². The topological polar surface area (TPSA) is 43.8 Å². The summed E-state index contributed by atoms with van der Waals surface area (Å²) in [4.78, 5) is 4.83. The zero-order chi connectivity index (χ0) is 12.5. The highest BCUT2D eigenvalue weighted by Crippen LogP contribution is 2.36. The van der Waals surface area contributed by atoms with Crippen molar-refractivity contribution in [2.75, 3.05) is 6.54 Å². The molecule has 3 rings (SSSR count). The second-order valence-corrected chi connectivity index (χ2v) is 5.37. The highest BCUT2D eigenvalue weighted by Gasteiger charge is 2.24. The first-order chi connectivity index (χ1) is 8.79. The third-order valence-corrected chi connectivity index (χ3v) is 4.12. The molecule has 0 bridgehead atoms. The van der Waals surface area contributed by atoms with Crippen molar-refractivity contribution >= 4 is 11.0 Å². The smallest absolute Gasteiger partial charge is 0.112 e. The molecule has 0 amide bonds. The van der Waals surface area contributed by atoms with Gasteiger partial charge in [-0.25, -0.2) is 4.98 Å². The molecule has 3 nitrogen and oxygen atoms in total. The minimum absolute atomic E-state index is 0.690. The standard InChI is InChI=1S/C15H21N3/c1-18-14-8-7-11(4-3-9-16)10-13(14)17-15(18)12-5-2-6-12/h7-8,10,12H,2-6,9,16H2,1H3. The number of nitrogens with two attached hydrogens (primary N) is 1. The normalized spacial score (nSPS) is 16.1. The van der Waals surface area contributed by atoms with Crippen molar-refractivity contribution in [1.82, 2.24) is 9.55 Å². The van der Waals surface area contributed by atoms with Gasteiger partial charge in [-0.15, -0.1) is 0 Å². The van der Waals surface area contributed by atoms with E-state index >= 15 is 0 Å². The zero-order valence-corrected chi connectivity index (χ0v) is 11.0. The highest BCUT2D eigenvalue weighted by atomic mass is 15.1. The van der Waals surface area contributed by atoms with E-state index in [1.54, 1.807) is 0 Å². The van der Waals surface area contributed by atoms with Crippen LogP contribution in [0.15, 0.2) is 18.2 Å². The zero-order valence-electron chi connectivity index (χ0n) is 11.0. The predicted molar refractivity (Wildman–Crippen MR) is 74.7 cm³/mol. The number of aryl methyl sites for hydroxylation is 2. The maximum Gasteiger partial charge on any atom is 0.112 e. The molecule has 1 heterocycles. The lowest BCUT2D eigenvalue weighted by Crippen LogP contribution is -2.13. The Balaban J connectivity index is 1.95. The molecule has 96 valence electrons. The number of hydrogen-bond donors (Lipinski definition) is 1. The number of imidazole rings is 1. The average Bonchev–Trinajstić information content (AvgIpc) is 2.62. The lowest BCUT2D eigenvalue weighted by Gasteiger charge is -2.24. The van der Waals surface area contributed by atoms with Crippen LogP contribution in [0.3, 0.4) is 0 Å². The van der Waals surface area contributed by atoms with Gasteiger partial charge < -0.3 is 10.3 Å². The Morgan fingerprint density at radius 2 is 2.22 bits per heavy atom. The van der Waals surface area contributed by atoms with Crippen LogP contribution in [0.4, 0.5) is 0 Å². The van der Waals surface area contributed by atoms with Gasteiger partial charge in [0.05, 0.1) is 11.0 Å². The molecular weight excluding hydrogens is 222 g/mol. The van der Waals surface area contributed by atoms with E-state index in [9.17, 15) is 0 Å². The summed E-state index contributed by atoms with van der Waals surface area (Å²) >= 11 is 0. The fourth-order valence-corrected chi connectivity index (χ4v) is 2.76. The van der Waals surface area contributed by atoms with Crippen LogP contribution in [-0.4, -0.2) is 16.1 Å². The Bertz CT molecular complexity index is 552. The van der Waals surface area contributed by atoms with Crippen molar-refractivity contribution < 1.29 is 0 Å². The molecule has 0 saturated heterocycles. The van der Waals surface area contributed by atoms with E-state index in [1.165, 1.54) is 36.2 Å². The summed E-state index contributed by atoms with van der Waals surface area (Å²) in [6.45, 7) is 0.758. The Morgan fingerprint density at radius 3 is 2.89 bits per heavy atom. The number of rotatable bonds is 4. The summed E-state index contributed by atoms with van der Waals surface area (Å²) in [6.07, 6.45) is 6.07. The summed E-state index contributed by atoms with van der Waals surface area (Å²) in [7, 11) is 2.14. The first-order valence-electron chi connectivity index (χ1n) is 6.95. The predicted octanol–water partition coefficient (Wildman–Crippen LogP) is 2.73. The second-order valence-electron chi connectivity index (χ2n) is 5.37. The maximum absolute atomic E-state index is 5.56. The fraction of sp³-hybridized carbons (Fsp3) is 0.533. The summed E-state index contributed by atoms with van der Waals surface area (Å²) < 4.78 is 2.27. The molecule has 1 aromatic heterocycles. The van der Waals surface area contributed by atoms with E-state index in [2.05, 4.69) is 29.8 Å². The van der Waals surface area contributed by atoms with Gasteiger partial charge in [0.15, 0.2) is 0 Å². The van der Waals surface area contributed by atoms with Crippen molar-refractivity contribution in [2.24, 2.45) is 12.8 Å². The van der Waals surface area contributed by atoms with Crippen LogP contribution >= 0.6 is 0 Å². The van der Waals surface area contributed by atoms with E-state index in [4.69, 9.17) is 10.7 Å². The molecule has 0 atom stereocenters. The van der Waals surface area contributed by atoms with Gasteiger partial charge in [0, 0.05) is 13.0 Å². The second kappa shape index (κ2) is 4.73. The molecule has 1 aromatic carbocycles. The van der Waals surface area contributed by atoms with Gasteiger partial charge in [-0.2, -0.15) is 0 Å². The van der Waals surface area contributed by atoms with Crippen LogP contribution in [0, 0.1) is 0 Å². The minimum atomic E-state index is 0.690. The third-order valence-electron chi connectivity index (χ3n) is 4.12. The molecule has 0 aliphatic heterocycles. The summed E-state index contributed by atoms with van der Waals surface area (Å²) in [5.41, 5.74) is 9.32. The Morgan fingerprint density at radius 1 is 1.39 bits per heavy atom. The quantitative estimate of drug-likeness (QED) is 0.897. The molecule has 2 N–H and O–H groups in total. The molecule has 1 aliphatic rings. The minimum Gasteiger partial charge on any atom is -0.331 e. The number of nitrogens with zero attached hydrogens (tertiary/aromatic N) is 2. The molecule has 0 unspecified atom stereocenters. The van der Waals surface area contributed by atoms with Gasteiger partial charge >= 0.3 is 0 Å². The maximum atomic E-state index is 5.56. The molecule has 3 heteroatoms.